The second-order valence-corrected chi connectivity index (χ2v) is 9.73. The minimum atomic E-state index is -0.398. The summed E-state index contributed by atoms with van der Waals surface area (Å²) in [4.78, 5) is 43.7. The zero-order valence-electron chi connectivity index (χ0n) is 20.4. The Hall–Kier alpha value is -3.45. The van der Waals surface area contributed by atoms with Gasteiger partial charge in [-0.2, -0.15) is 0 Å². The standard InChI is InChI=1S/C28H31N3O3S/c1-4-30(5-2)28(34)20-10-12-21(13-11-20)29-27(33)23-16-17-25(32)31(22-14-8-19(3)9-15-22)26(23)24-7-6-18-35-24/h6-15,18,23,26H,4-5,16-17H2,1-3H3,(H,29,33)/t23-,26-/m1/s1. The van der Waals surface area contributed by atoms with E-state index in [-0.39, 0.29) is 23.8 Å². The molecule has 1 aromatic heterocycles. The normalized spacial score (nSPS) is 17.8. The van der Waals surface area contributed by atoms with Crippen molar-refractivity contribution in [2.75, 3.05) is 23.3 Å². The van der Waals surface area contributed by atoms with E-state index in [0.29, 0.717) is 37.2 Å². The van der Waals surface area contributed by atoms with Crippen molar-refractivity contribution in [3.8, 4) is 0 Å². The largest absolute Gasteiger partial charge is 0.339 e. The molecule has 1 aliphatic heterocycles. The molecule has 3 amide bonds. The van der Waals surface area contributed by atoms with E-state index in [1.807, 2.05) is 62.5 Å². The number of piperidine rings is 1. The number of nitrogens with zero attached hydrogens (tertiary/aromatic N) is 2. The van der Waals surface area contributed by atoms with Crippen LogP contribution in [0.25, 0.3) is 0 Å². The number of aryl methyl sites for hydroxylation is 1. The second kappa shape index (κ2) is 10.9. The third-order valence-electron chi connectivity index (χ3n) is 6.53. The van der Waals surface area contributed by atoms with Crippen LogP contribution in [0.4, 0.5) is 11.4 Å². The quantitative estimate of drug-likeness (QED) is 0.465. The summed E-state index contributed by atoms with van der Waals surface area (Å²) in [5, 5.41) is 5.00. The van der Waals surface area contributed by atoms with E-state index in [9.17, 15) is 14.4 Å². The molecule has 2 aromatic carbocycles. The SMILES string of the molecule is CCN(CC)C(=O)c1ccc(NC(=O)[C@@H]2CCC(=O)N(c3ccc(C)cc3)[C@H]2c2cccs2)cc1. The van der Waals surface area contributed by atoms with Gasteiger partial charge in [0, 0.05) is 41.3 Å². The number of benzene rings is 2. The minimum Gasteiger partial charge on any atom is -0.339 e. The van der Waals surface area contributed by atoms with E-state index >= 15 is 0 Å². The molecule has 0 spiro atoms. The smallest absolute Gasteiger partial charge is 0.253 e. The van der Waals surface area contributed by atoms with Crippen LogP contribution in [0.3, 0.4) is 0 Å². The fourth-order valence-corrected chi connectivity index (χ4v) is 5.47. The average molecular weight is 490 g/mol. The Morgan fingerprint density at radius 3 is 2.31 bits per heavy atom. The summed E-state index contributed by atoms with van der Waals surface area (Å²) >= 11 is 1.56. The molecule has 0 bridgehead atoms. The lowest BCUT2D eigenvalue weighted by Crippen LogP contribution is -2.46. The molecule has 1 saturated heterocycles. The highest BCUT2D eigenvalue weighted by atomic mass is 32.1. The maximum Gasteiger partial charge on any atom is 0.253 e. The van der Waals surface area contributed by atoms with Crippen LogP contribution in [0, 0.1) is 12.8 Å². The Labute approximate surface area is 210 Å². The number of thiophene rings is 1. The predicted octanol–water partition coefficient (Wildman–Crippen LogP) is 5.66. The number of carbonyl (C=O) groups excluding carboxylic acids is 3. The second-order valence-electron chi connectivity index (χ2n) is 8.75. The highest BCUT2D eigenvalue weighted by Crippen LogP contribution is 2.42. The van der Waals surface area contributed by atoms with Crippen LogP contribution in [0.2, 0.25) is 0 Å². The summed E-state index contributed by atoms with van der Waals surface area (Å²) in [6.07, 6.45) is 0.791. The van der Waals surface area contributed by atoms with Gasteiger partial charge in [-0.1, -0.05) is 23.8 Å². The summed E-state index contributed by atoms with van der Waals surface area (Å²) in [6, 6.07) is 18.4. The first kappa shape index (κ1) is 24.7. The number of hydrogen-bond acceptors (Lipinski definition) is 4. The van der Waals surface area contributed by atoms with Crippen molar-refractivity contribution in [2.24, 2.45) is 5.92 Å². The molecule has 0 aliphatic carbocycles. The van der Waals surface area contributed by atoms with E-state index in [1.165, 1.54) is 0 Å². The van der Waals surface area contributed by atoms with Crippen LogP contribution in [-0.4, -0.2) is 35.7 Å². The van der Waals surface area contributed by atoms with Crippen LogP contribution in [0.1, 0.15) is 53.5 Å². The molecule has 2 heterocycles. The van der Waals surface area contributed by atoms with E-state index in [2.05, 4.69) is 5.32 Å². The average Bonchev–Trinajstić information content (AvgIpc) is 3.40. The number of rotatable bonds is 7. The first-order chi connectivity index (χ1) is 16.9. The van der Waals surface area contributed by atoms with E-state index in [1.54, 1.807) is 45.4 Å². The van der Waals surface area contributed by atoms with Crippen molar-refractivity contribution in [3.05, 3.63) is 82.0 Å². The highest BCUT2D eigenvalue weighted by Gasteiger charge is 2.42. The van der Waals surface area contributed by atoms with E-state index < -0.39 is 5.92 Å². The van der Waals surface area contributed by atoms with Gasteiger partial charge in [0.05, 0.1) is 12.0 Å². The van der Waals surface area contributed by atoms with Gasteiger partial charge in [0.1, 0.15) is 0 Å². The van der Waals surface area contributed by atoms with Gasteiger partial charge in [-0.25, -0.2) is 0 Å². The zero-order chi connectivity index (χ0) is 24.9. The van der Waals surface area contributed by atoms with Gasteiger partial charge in [0.15, 0.2) is 0 Å². The Balaban J connectivity index is 1.58. The van der Waals surface area contributed by atoms with Crippen molar-refractivity contribution in [1.29, 1.82) is 0 Å². The molecule has 0 saturated carbocycles. The van der Waals surface area contributed by atoms with Gasteiger partial charge in [0.2, 0.25) is 11.8 Å². The lowest BCUT2D eigenvalue weighted by atomic mass is 9.86. The van der Waals surface area contributed by atoms with Gasteiger partial charge in [0.25, 0.3) is 5.91 Å². The molecule has 182 valence electrons. The molecule has 2 atom stereocenters. The number of anilines is 2. The van der Waals surface area contributed by atoms with Crippen LogP contribution >= 0.6 is 11.3 Å². The van der Waals surface area contributed by atoms with Crippen molar-refractivity contribution in [1.82, 2.24) is 4.90 Å². The first-order valence-electron chi connectivity index (χ1n) is 12.0. The van der Waals surface area contributed by atoms with Crippen LogP contribution in [0.15, 0.2) is 66.0 Å². The summed E-state index contributed by atoms with van der Waals surface area (Å²) < 4.78 is 0. The fourth-order valence-electron chi connectivity index (χ4n) is 4.59. The third-order valence-corrected chi connectivity index (χ3v) is 7.47. The topological polar surface area (TPSA) is 69.7 Å². The molecule has 1 N–H and O–H groups in total. The van der Waals surface area contributed by atoms with Crippen molar-refractivity contribution in [3.63, 3.8) is 0 Å². The molecule has 0 unspecified atom stereocenters. The first-order valence-corrected chi connectivity index (χ1v) is 12.9. The minimum absolute atomic E-state index is 0.0230. The van der Waals surface area contributed by atoms with Crippen LogP contribution in [-0.2, 0) is 9.59 Å². The molecule has 7 heteroatoms. The Morgan fingerprint density at radius 1 is 1.03 bits per heavy atom. The molecular weight excluding hydrogens is 458 g/mol. The van der Waals surface area contributed by atoms with Crippen molar-refractivity contribution < 1.29 is 14.4 Å². The van der Waals surface area contributed by atoms with E-state index in [4.69, 9.17) is 0 Å². The predicted molar refractivity (Wildman–Crippen MR) is 141 cm³/mol. The van der Waals surface area contributed by atoms with Crippen molar-refractivity contribution in [2.45, 2.75) is 39.7 Å². The van der Waals surface area contributed by atoms with Gasteiger partial charge in [-0.05, 0) is 75.0 Å². The number of amides is 3. The molecule has 4 rings (SSSR count). The summed E-state index contributed by atoms with van der Waals surface area (Å²) in [6.45, 7) is 7.21. The Bertz CT molecular complexity index is 1170. The number of hydrogen-bond donors (Lipinski definition) is 1. The fraction of sp³-hybridized carbons (Fsp3) is 0.321. The molecule has 1 aliphatic rings. The molecule has 1 fully saturated rings. The Kier molecular flexibility index (Phi) is 7.66. The van der Waals surface area contributed by atoms with Gasteiger partial charge >= 0.3 is 0 Å². The number of nitrogens with one attached hydrogen (secondary N) is 1. The summed E-state index contributed by atoms with van der Waals surface area (Å²) in [5.74, 6) is -0.527. The highest BCUT2D eigenvalue weighted by molar-refractivity contribution is 7.10. The maximum absolute atomic E-state index is 13.5. The molecule has 35 heavy (non-hydrogen) atoms. The van der Waals surface area contributed by atoms with Crippen LogP contribution < -0.4 is 10.2 Å². The summed E-state index contributed by atoms with van der Waals surface area (Å²) in [7, 11) is 0. The number of carbonyl (C=O) groups is 3. The van der Waals surface area contributed by atoms with Gasteiger partial charge in [-0.15, -0.1) is 11.3 Å². The lowest BCUT2D eigenvalue weighted by Gasteiger charge is -2.40. The molecule has 0 radical (unpaired) electrons. The van der Waals surface area contributed by atoms with Crippen molar-refractivity contribution >= 4 is 40.4 Å². The Morgan fingerprint density at radius 2 is 1.71 bits per heavy atom. The molecular formula is C28H31N3O3S. The third kappa shape index (κ3) is 5.30. The van der Waals surface area contributed by atoms with E-state index in [0.717, 1.165) is 16.1 Å². The van der Waals surface area contributed by atoms with Crippen LogP contribution in [0.5, 0.6) is 0 Å². The summed E-state index contributed by atoms with van der Waals surface area (Å²) in [5.41, 5.74) is 3.14. The lowest BCUT2D eigenvalue weighted by molar-refractivity contribution is -0.125. The van der Waals surface area contributed by atoms with Gasteiger partial charge in [-0.3, -0.25) is 14.4 Å². The molecule has 6 nitrogen and oxygen atoms in total. The maximum atomic E-state index is 13.5. The zero-order valence-corrected chi connectivity index (χ0v) is 21.2. The van der Waals surface area contributed by atoms with Gasteiger partial charge < -0.3 is 15.1 Å². The molecule has 3 aromatic rings. The monoisotopic (exact) mass is 489 g/mol.